The van der Waals surface area contributed by atoms with Gasteiger partial charge >= 0.3 is 6.18 Å². The molecule has 0 fully saturated rings. The van der Waals surface area contributed by atoms with Crippen molar-refractivity contribution in [1.29, 1.82) is 0 Å². The van der Waals surface area contributed by atoms with Crippen LogP contribution in [0.1, 0.15) is 77.6 Å². The van der Waals surface area contributed by atoms with E-state index >= 15 is 0 Å². The van der Waals surface area contributed by atoms with E-state index in [0.717, 1.165) is 0 Å². The van der Waals surface area contributed by atoms with E-state index in [2.05, 4.69) is 19.3 Å². The monoisotopic (exact) mass is 327 g/mol. The molecule has 0 aliphatic rings. The van der Waals surface area contributed by atoms with Gasteiger partial charge in [-0.05, 0) is 12.8 Å². The van der Waals surface area contributed by atoms with Gasteiger partial charge in [-0.15, -0.1) is 0 Å². The SMILES string of the molecule is CCCCCCCCCCCCC[NH2+]C.O=C([O-])C(F)(F)F. The largest absolute Gasteiger partial charge is 0.542 e. The maximum Gasteiger partial charge on any atom is 0.430 e. The van der Waals surface area contributed by atoms with Gasteiger partial charge in [-0.2, -0.15) is 13.2 Å². The van der Waals surface area contributed by atoms with Gasteiger partial charge < -0.3 is 15.2 Å². The highest BCUT2D eigenvalue weighted by molar-refractivity contribution is 5.70. The number of alkyl halides is 3. The zero-order chi connectivity index (χ0) is 17.3. The van der Waals surface area contributed by atoms with E-state index in [4.69, 9.17) is 9.90 Å². The maximum atomic E-state index is 10.5. The van der Waals surface area contributed by atoms with Crippen LogP contribution in [0.15, 0.2) is 0 Å². The number of carbonyl (C=O) groups is 1. The number of hydrogen-bond donors (Lipinski definition) is 1. The molecule has 0 aromatic heterocycles. The molecule has 0 unspecified atom stereocenters. The van der Waals surface area contributed by atoms with Gasteiger partial charge in [-0.1, -0.05) is 64.7 Å². The zero-order valence-corrected chi connectivity index (χ0v) is 14.0. The summed E-state index contributed by atoms with van der Waals surface area (Å²) in [5.41, 5.74) is 0. The van der Waals surface area contributed by atoms with Gasteiger partial charge in [0.15, 0.2) is 0 Å². The number of nitrogens with two attached hydrogens (primary N) is 1. The van der Waals surface area contributed by atoms with Crippen molar-refractivity contribution in [3.63, 3.8) is 0 Å². The highest BCUT2D eigenvalue weighted by Gasteiger charge is 2.28. The normalized spacial score (nSPS) is 11.0. The van der Waals surface area contributed by atoms with Crippen LogP contribution in [0.25, 0.3) is 0 Å². The highest BCUT2D eigenvalue weighted by Crippen LogP contribution is 2.11. The lowest BCUT2D eigenvalue weighted by molar-refractivity contribution is -0.627. The average molecular weight is 327 g/mol. The first-order valence-corrected chi connectivity index (χ1v) is 8.42. The summed E-state index contributed by atoms with van der Waals surface area (Å²) in [6.45, 7) is 3.60. The number of carboxylic acids is 1. The van der Waals surface area contributed by atoms with Gasteiger partial charge in [0.2, 0.25) is 0 Å². The quantitative estimate of drug-likeness (QED) is 0.560. The second kappa shape index (κ2) is 16.6. The molecule has 0 saturated carbocycles. The van der Waals surface area contributed by atoms with E-state index in [0.29, 0.717) is 0 Å². The molecular formula is C16H32F3NO2. The number of aliphatic carboxylic acids is 1. The van der Waals surface area contributed by atoms with Crippen molar-refractivity contribution in [2.45, 2.75) is 83.7 Å². The highest BCUT2D eigenvalue weighted by atomic mass is 19.4. The second-order valence-corrected chi connectivity index (χ2v) is 5.52. The summed E-state index contributed by atoms with van der Waals surface area (Å²) in [6.07, 6.45) is 10.8. The summed E-state index contributed by atoms with van der Waals surface area (Å²) >= 11 is 0. The van der Waals surface area contributed by atoms with Crippen molar-refractivity contribution in [3.8, 4) is 0 Å². The molecule has 0 heterocycles. The first-order valence-electron chi connectivity index (χ1n) is 8.42. The number of carbonyl (C=O) groups excluding carboxylic acids is 1. The number of unbranched alkanes of at least 4 members (excludes halogenated alkanes) is 10. The summed E-state index contributed by atoms with van der Waals surface area (Å²) in [5.74, 6) is -3.01. The molecule has 22 heavy (non-hydrogen) atoms. The number of carboxylic acid groups (broad SMARTS) is 1. The lowest BCUT2D eigenvalue weighted by Gasteiger charge is -2.03. The Kier molecular flexibility index (Phi) is 17.7. The lowest BCUT2D eigenvalue weighted by Crippen LogP contribution is -2.79. The fourth-order valence-corrected chi connectivity index (χ4v) is 2.01. The zero-order valence-electron chi connectivity index (χ0n) is 14.0. The van der Waals surface area contributed by atoms with Gasteiger partial charge in [0.05, 0.1) is 13.6 Å². The first-order chi connectivity index (χ1) is 10.4. The van der Waals surface area contributed by atoms with E-state index in [1.54, 1.807) is 0 Å². The summed E-state index contributed by atoms with van der Waals surface area (Å²) < 4.78 is 31.5. The van der Waals surface area contributed by atoms with Crippen molar-refractivity contribution in [2.24, 2.45) is 0 Å². The smallest absolute Gasteiger partial charge is 0.430 e. The Bertz CT molecular complexity index is 234. The predicted octanol–water partition coefficient (Wildman–Crippen LogP) is 2.79. The molecule has 6 heteroatoms. The number of halogens is 3. The second-order valence-electron chi connectivity index (χ2n) is 5.52. The van der Waals surface area contributed by atoms with Crippen LogP contribution >= 0.6 is 0 Å². The van der Waals surface area contributed by atoms with Crippen molar-refractivity contribution < 1.29 is 28.4 Å². The van der Waals surface area contributed by atoms with Crippen molar-refractivity contribution in [1.82, 2.24) is 0 Å². The van der Waals surface area contributed by atoms with Crippen molar-refractivity contribution in [3.05, 3.63) is 0 Å². The van der Waals surface area contributed by atoms with Crippen LogP contribution in [0, 0.1) is 0 Å². The minimum atomic E-state index is -5.19. The number of hydrogen-bond acceptors (Lipinski definition) is 2. The molecule has 0 aliphatic carbocycles. The minimum absolute atomic E-state index is 1.32. The van der Waals surface area contributed by atoms with Gasteiger partial charge in [0.1, 0.15) is 5.97 Å². The van der Waals surface area contributed by atoms with Crippen LogP contribution in [-0.2, 0) is 4.79 Å². The Balaban J connectivity index is 0. The third kappa shape index (κ3) is 21.5. The molecule has 134 valence electrons. The van der Waals surface area contributed by atoms with Gasteiger partial charge in [-0.25, -0.2) is 0 Å². The number of rotatable bonds is 12. The summed E-state index contributed by atoms with van der Waals surface area (Å²) in [5, 5.41) is 11.1. The van der Waals surface area contributed by atoms with Crippen LogP contribution in [0.4, 0.5) is 13.2 Å². The predicted molar refractivity (Wildman–Crippen MR) is 80.2 cm³/mol. The molecule has 0 spiro atoms. The third-order valence-electron chi connectivity index (χ3n) is 3.33. The number of quaternary nitrogens is 1. The molecule has 0 atom stereocenters. The van der Waals surface area contributed by atoms with Crippen LogP contribution < -0.4 is 10.4 Å². The van der Waals surface area contributed by atoms with E-state index in [9.17, 15) is 13.2 Å². The van der Waals surface area contributed by atoms with Gasteiger partial charge in [-0.3, -0.25) is 0 Å². The molecule has 2 N–H and O–H groups in total. The molecule has 0 saturated heterocycles. The topological polar surface area (TPSA) is 56.7 Å². The van der Waals surface area contributed by atoms with Crippen LogP contribution in [0.3, 0.4) is 0 Å². The molecule has 0 radical (unpaired) electrons. The molecule has 0 rings (SSSR count). The molecule has 0 bridgehead atoms. The van der Waals surface area contributed by atoms with E-state index in [1.165, 1.54) is 77.2 Å². The summed E-state index contributed by atoms with van der Waals surface area (Å²) in [4.78, 5) is 8.78. The molecule has 3 nitrogen and oxygen atoms in total. The van der Waals surface area contributed by atoms with Gasteiger partial charge in [0, 0.05) is 0 Å². The lowest BCUT2D eigenvalue weighted by atomic mass is 10.1. The third-order valence-corrected chi connectivity index (χ3v) is 3.33. The Morgan fingerprint density at radius 1 is 0.864 bits per heavy atom. The van der Waals surface area contributed by atoms with Crippen molar-refractivity contribution in [2.75, 3.05) is 13.6 Å². The van der Waals surface area contributed by atoms with E-state index < -0.39 is 12.1 Å². The Labute approximate surface area is 132 Å². The van der Waals surface area contributed by atoms with Crippen LogP contribution in [-0.4, -0.2) is 25.7 Å². The van der Waals surface area contributed by atoms with E-state index in [-0.39, 0.29) is 0 Å². The van der Waals surface area contributed by atoms with Crippen LogP contribution in [0.5, 0.6) is 0 Å². The standard InChI is InChI=1S/C14H31N.C2HF3O2/c1-3-4-5-6-7-8-9-10-11-12-13-14-15-2;3-2(4,5)1(6)7/h15H,3-14H2,1-2H3;(H,6,7). The Hall–Kier alpha value is -0.780. The fourth-order valence-electron chi connectivity index (χ4n) is 2.01. The van der Waals surface area contributed by atoms with Crippen LogP contribution in [0.2, 0.25) is 0 Å². The average Bonchev–Trinajstić information content (AvgIpc) is 2.44. The fraction of sp³-hybridized carbons (Fsp3) is 0.938. The Morgan fingerprint density at radius 2 is 1.18 bits per heavy atom. The summed E-state index contributed by atoms with van der Waals surface area (Å²) in [6, 6.07) is 0. The molecular weight excluding hydrogens is 295 g/mol. The molecule has 0 aromatic rings. The maximum absolute atomic E-state index is 10.5. The minimum Gasteiger partial charge on any atom is -0.542 e. The molecule has 0 aliphatic heterocycles. The van der Waals surface area contributed by atoms with Crippen molar-refractivity contribution >= 4 is 5.97 Å². The molecule has 0 aromatic carbocycles. The molecule has 0 amide bonds. The summed E-state index contributed by atoms with van der Waals surface area (Å²) in [7, 11) is 2.16. The van der Waals surface area contributed by atoms with Gasteiger partial charge in [0.25, 0.3) is 0 Å². The Morgan fingerprint density at radius 3 is 1.45 bits per heavy atom. The first kappa shape index (κ1) is 23.5. The van der Waals surface area contributed by atoms with E-state index in [1.807, 2.05) is 0 Å².